The van der Waals surface area contributed by atoms with Gasteiger partial charge < -0.3 is 10.1 Å². The lowest BCUT2D eigenvalue weighted by Crippen LogP contribution is -2.19. The van der Waals surface area contributed by atoms with Gasteiger partial charge in [-0.1, -0.05) is 30.3 Å². The highest BCUT2D eigenvalue weighted by molar-refractivity contribution is 7.14. The van der Waals surface area contributed by atoms with Gasteiger partial charge in [-0.3, -0.25) is 5.32 Å². The summed E-state index contributed by atoms with van der Waals surface area (Å²) in [6, 6.07) is 16.6. The number of hydrogen-bond donors (Lipinski definition) is 2. The normalized spacial score (nSPS) is 10.1. The molecule has 2 amide bonds. The second kappa shape index (κ2) is 6.93. The van der Waals surface area contributed by atoms with Crippen LogP contribution in [0.25, 0.3) is 11.3 Å². The van der Waals surface area contributed by atoms with Crippen molar-refractivity contribution < 1.29 is 9.53 Å². The van der Waals surface area contributed by atoms with Crippen LogP contribution in [0.2, 0.25) is 0 Å². The molecule has 2 N–H and O–H groups in total. The molecular weight excluding hydrogens is 310 g/mol. The van der Waals surface area contributed by atoms with E-state index in [-0.39, 0.29) is 6.03 Å². The Kier molecular flexibility index (Phi) is 4.54. The van der Waals surface area contributed by atoms with Crippen LogP contribution in [0, 0.1) is 0 Å². The Hall–Kier alpha value is -2.86. The quantitative estimate of drug-likeness (QED) is 0.744. The SMILES string of the molecule is COc1ccc(NC(=O)Nc2nc(-c3ccccc3)cs2)cc1. The first-order valence-corrected chi connectivity index (χ1v) is 7.85. The van der Waals surface area contributed by atoms with Gasteiger partial charge in [0.15, 0.2) is 5.13 Å². The Morgan fingerprint density at radius 1 is 1.04 bits per heavy atom. The molecule has 0 saturated heterocycles. The summed E-state index contributed by atoms with van der Waals surface area (Å²) in [5.74, 6) is 0.739. The van der Waals surface area contributed by atoms with E-state index in [0.717, 1.165) is 17.0 Å². The summed E-state index contributed by atoms with van der Waals surface area (Å²) in [5, 5.41) is 7.95. The first kappa shape index (κ1) is 15.1. The molecule has 0 saturated carbocycles. The van der Waals surface area contributed by atoms with Gasteiger partial charge in [0.2, 0.25) is 0 Å². The number of ether oxygens (including phenoxy) is 1. The number of urea groups is 1. The summed E-state index contributed by atoms with van der Waals surface area (Å²) in [6.07, 6.45) is 0. The number of aromatic nitrogens is 1. The van der Waals surface area contributed by atoms with Gasteiger partial charge in [0.1, 0.15) is 5.75 Å². The molecule has 3 rings (SSSR count). The van der Waals surface area contributed by atoms with Crippen molar-refractivity contribution >= 4 is 28.2 Å². The van der Waals surface area contributed by atoms with Crippen LogP contribution in [0.5, 0.6) is 5.75 Å². The average Bonchev–Trinajstić information content (AvgIpc) is 3.04. The molecular formula is C17H15N3O2S. The minimum absolute atomic E-state index is 0.330. The predicted octanol–water partition coefficient (Wildman–Crippen LogP) is 4.46. The topological polar surface area (TPSA) is 63.2 Å². The average molecular weight is 325 g/mol. The van der Waals surface area contributed by atoms with E-state index >= 15 is 0 Å². The highest BCUT2D eigenvalue weighted by atomic mass is 32.1. The summed E-state index contributed by atoms with van der Waals surface area (Å²) < 4.78 is 5.08. The molecule has 0 atom stereocenters. The Morgan fingerprint density at radius 2 is 1.78 bits per heavy atom. The molecule has 23 heavy (non-hydrogen) atoms. The number of amides is 2. The Balaban J connectivity index is 1.63. The lowest BCUT2D eigenvalue weighted by atomic mass is 10.2. The number of hydrogen-bond acceptors (Lipinski definition) is 4. The maximum atomic E-state index is 12.0. The van der Waals surface area contributed by atoms with Crippen molar-refractivity contribution in [3.63, 3.8) is 0 Å². The monoisotopic (exact) mass is 325 g/mol. The van der Waals surface area contributed by atoms with Crippen molar-refractivity contribution in [3.8, 4) is 17.0 Å². The molecule has 0 spiro atoms. The highest BCUT2D eigenvalue weighted by Crippen LogP contribution is 2.24. The van der Waals surface area contributed by atoms with Gasteiger partial charge in [0.05, 0.1) is 12.8 Å². The van der Waals surface area contributed by atoms with Crippen LogP contribution in [0.1, 0.15) is 0 Å². The molecule has 3 aromatic rings. The zero-order valence-electron chi connectivity index (χ0n) is 12.4. The van der Waals surface area contributed by atoms with Gasteiger partial charge in [0.25, 0.3) is 0 Å². The van der Waals surface area contributed by atoms with E-state index in [4.69, 9.17) is 4.74 Å². The van der Waals surface area contributed by atoms with E-state index in [1.54, 1.807) is 31.4 Å². The second-order valence-corrected chi connectivity index (χ2v) is 5.57. The van der Waals surface area contributed by atoms with Crippen LogP contribution in [0.15, 0.2) is 60.0 Å². The zero-order valence-corrected chi connectivity index (χ0v) is 13.3. The first-order valence-electron chi connectivity index (χ1n) is 6.97. The van der Waals surface area contributed by atoms with Crippen molar-refractivity contribution in [1.29, 1.82) is 0 Å². The molecule has 0 bridgehead atoms. The standard InChI is InChI=1S/C17H15N3O2S/c1-22-14-9-7-13(8-10-14)18-16(21)20-17-19-15(11-23-17)12-5-3-2-4-6-12/h2-11H,1H3,(H2,18,19,20,21). The number of nitrogens with zero attached hydrogens (tertiary/aromatic N) is 1. The van der Waals surface area contributed by atoms with E-state index in [9.17, 15) is 4.79 Å². The molecule has 0 aliphatic heterocycles. The maximum Gasteiger partial charge on any atom is 0.325 e. The molecule has 0 radical (unpaired) electrons. The largest absolute Gasteiger partial charge is 0.497 e. The number of anilines is 2. The minimum Gasteiger partial charge on any atom is -0.497 e. The molecule has 1 heterocycles. The van der Waals surface area contributed by atoms with Crippen LogP contribution >= 0.6 is 11.3 Å². The van der Waals surface area contributed by atoms with Gasteiger partial charge in [0, 0.05) is 16.6 Å². The van der Waals surface area contributed by atoms with Gasteiger partial charge in [-0.25, -0.2) is 9.78 Å². The number of rotatable bonds is 4. The molecule has 5 nitrogen and oxygen atoms in total. The van der Waals surface area contributed by atoms with Crippen LogP contribution in [-0.4, -0.2) is 18.1 Å². The van der Waals surface area contributed by atoms with Gasteiger partial charge >= 0.3 is 6.03 Å². The molecule has 116 valence electrons. The Labute approximate surface area is 138 Å². The number of carbonyl (C=O) groups excluding carboxylic acids is 1. The molecule has 0 unspecified atom stereocenters. The van der Waals surface area contributed by atoms with E-state index in [2.05, 4.69) is 15.6 Å². The third kappa shape index (κ3) is 3.87. The number of thiazole rings is 1. The smallest absolute Gasteiger partial charge is 0.325 e. The van der Waals surface area contributed by atoms with Gasteiger partial charge in [-0.05, 0) is 24.3 Å². The lowest BCUT2D eigenvalue weighted by molar-refractivity contribution is 0.262. The van der Waals surface area contributed by atoms with Crippen molar-refractivity contribution in [2.24, 2.45) is 0 Å². The molecule has 0 aliphatic carbocycles. The summed E-state index contributed by atoms with van der Waals surface area (Å²) in [7, 11) is 1.60. The molecule has 0 aliphatic rings. The first-order chi connectivity index (χ1) is 11.2. The molecule has 0 fully saturated rings. The predicted molar refractivity (Wildman–Crippen MR) is 93.2 cm³/mol. The zero-order chi connectivity index (χ0) is 16.1. The summed E-state index contributed by atoms with van der Waals surface area (Å²) in [4.78, 5) is 16.4. The highest BCUT2D eigenvalue weighted by Gasteiger charge is 2.08. The van der Waals surface area contributed by atoms with E-state index < -0.39 is 0 Å². The lowest BCUT2D eigenvalue weighted by Gasteiger charge is -2.06. The Morgan fingerprint density at radius 3 is 2.48 bits per heavy atom. The number of benzene rings is 2. The van der Waals surface area contributed by atoms with Crippen molar-refractivity contribution in [2.75, 3.05) is 17.7 Å². The van der Waals surface area contributed by atoms with Crippen molar-refractivity contribution in [3.05, 3.63) is 60.0 Å². The molecule has 6 heteroatoms. The molecule has 2 aromatic carbocycles. The van der Waals surface area contributed by atoms with Gasteiger partial charge in [-0.2, -0.15) is 0 Å². The number of methoxy groups -OCH3 is 1. The summed E-state index contributed by atoms with van der Waals surface area (Å²) in [6.45, 7) is 0. The third-order valence-electron chi connectivity index (χ3n) is 3.14. The van der Waals surface area contributed by atoms with Crippen LogP contribution < -0.4 is 15.4 Å². The fourth-order valence-corrected chi connectivity index (χ4v) is 2.72. The maximum absolute atomic E-state index is 12.0. The van der Waals surface area contributed by atoms with Crippen molar-refractivity contribution in [1.82, 2.24) is 4.98 Å². The Bertz CT molecular complexity index is 785. The van der Waals surface area contributed by atoms with Crippen LogP contribution in [0.3, 0.4) is 0 Å². The summed E-state index contributed by atoms with van der Waals surface area (Å²) in [5.41, 5.74) is 2.55. The fourth-order valence-electron chi connectivity index (χ4n) is 2.01. The molecule has 1 aromatic heterocycles. The van der Waals surface area contributed by atoms with E-state index in [0.29, 0.717) is 10.8 Å². The van der Waals surface area contributed by atoms with Crippen LogP contribution in [0.4, 0.5) is 15.6 Å². The van der Waals surface area contributed by atoms with E-state index in [1.807, 2.05) is 35.7 Å². The summed E-state index contributed by atoms with van der Waals surface area (Å²) >= 11 is 1.39. The number of nitrogens with one attached hydrogen (secondary N) is 2. The van der Waals surface area contributed by atoms with Crippen LogP contribution in [-0.2, 0) is 0 Å². The fraction of sp³-hybridized carbons (Fsp3) is 0.0588. The second-order valence-electron chi connectivity index (χ2n) is 4.71. The minimum atomic E-state index is -0.330. The third-order valence-corrected chi connectivity index (χ3v) is 3.90. The van der Waals surface area contributed by atoms with E-state index in [1.165, 1.54) is 11.3 Å². The number of carbonyl (C=O) groups is 1. The van der Waals surface area contributed by atoms with Gasteiger partial charge in [-0.15, -0.1) is 11.3 Å². The van der Waals surface area contributed by atoms with Crippen molar-refractivity contribution in [2.45, 2.75) is 0 Å².